The topological polar surface area (TPSA) is 83.1 Å². The Morgan fingerprint density at radius 3 is 2.26 bits per heavy atom. The largest absolute Gasteiger partial charge is 0.497 e. The lowest BCUT2D eigenvalue weighted by Crippen LogP contribution is -2.26. The molecule has 0 spiro atoms. The molecule has 3 aromatic carbocycles. The Balaban J connectivity index is 1.91. The van der Waals surface area contributed by atoms with Crippen molar-refractivity contribution in [1.29, 1.82) is 0 Å². The SMILES string of the molecule is COC(=O)c1ccc(O[C@@H](C(=O)Nc2cccc(OC)c2)c2ccccc2)c(OC)c1. The zero-order chi connectivity index (χ0) is 22.2. The number of hydrogen-bond donors (Lipinski definition) is 1. The summed E-state index contributed by atoms with van der Waals surface area (Å²) in [4.78, 5) is 25.0. The van der Waals surface area contributed by atoms with E-state index in [1.165, 1.54) is 20.3 Å². The van der Waals surface area contributed by atoms with Gasteiger partial charge in [0.2, 0.25) is 6.10 Å². The van der Waals surface area contributed by atoms with Crippen molar-refractivity contribution in [3.63, 3.8) is 0 Å². The second-order valence-electron chi connectivity index (χ2n) is 6.49. The molecule has 0 aliphatic carbocycles. The highest BCUT2D eigenvalue weighted by molar-refractivity contribution is 5.95. The van der Waals surface area contributed by atoms with Crippen LogP contribution in [0.15, 0.2) is 72.8 Å². The van der Waals surface area contributed by atoms with Gasteiger partial charge in [-0.1, -0.05) is 36.4 Å². The molecule has 1 N–H and O–H groups in total. The molecular formula is C24H23NO6. The number of anilines is 1. The van der Waals surface area contributed by atoms with Gasteiger partial charge in [-0.3, -0.25) is 4.79 Å². The highest BCUT2D eigenvalue weighted by Gasteiger charge is 2.25. The van der Waals surface area contributed by atoms with Crippen molar-refractivity contribution in [3.05, 3.63) is 83.9 Å². The Hall–Kier alpha value is -4.00. The molecule has 160 valence electrons. The van der Waals surface area contributed by atoms with E-state index in [9.17, 15) is 9.59 Å². The van der Waals surface area contributed by atoms with Gasteiger partial charge in [-0.05, 0) is 30.3 Å². The molecular weight excluding hydrogens is 398 g/mol. The zero-order valence-corrected chi connectivity index (χ0v) is 17.5. The van der Waals surface area contributed by atoms with Crippen LogP contribution in [-0.2, 0) is 9.53 Å². The van der Waals surface area contributed by atoms with E-state index in [0.717, 1.165) is 0 Å². The quantitative estimate of drug-likeness (QED) is 0.548. The molecule has 0 saturated heterocycles. The van der Waals surface area contributed by atoms with Gasteiger partial charge in [0.1, 0.15) is 5.75 Å². The summed E-state index contributed by atoms with van der Waals surface area (Å²) in [5.74, 6) is 0.358. The Morgan fingerprint density at radius 1 is 0.806 bits per heavy atom. The summed E-state index contributed by atoms with van der Waals surface area (Å²) in [7, 11) is 4.31. The first-order valence-electron chi connectivity index (χ1n) is 9.48. The average molecular weight is 421 g/mol. The van der Waals surface area contributed by atoms with Gasteiger partial charge in [0, 0.05) is 17.3 Å². The predicted octanol–water partition coefficient (Wildman–Crippen LogP) is 4.25. The van der Waals surface area contributed by atoms with Gasteiger partial charge in [-0.15, -0.1) is 0 Å². The van der Waals surface area contributed by atoms with Crippen LogP contribution < -0.4 is 19.5 Å². The number of hydrogen-bond acceptors (Lipinski definition) is 6. The van der Waals surface area contributed by atoms with Gasteiger partial charge in [-0.2, -0.15) is 0 Å². The Kier molecular flexibility index (Phi) is 7.11. The molecule has 0 radical (unpaired) electrons. The summed E-state index contributed by atoms with van der Waals surface area (Å²) < 4.78 is 21.4. The average Bonchev–Trinajstić information content (AvgIpc) is 2.82. The molecule has 7 heteroatoms. The Bertz CT molecular complexity index is 1050. The number of ether oxygens (including phenoxy) is 4. The van der Waals surface area contributed by atoms with E-state index in [4.69, 9.17) is 18.9 Å². The number of carbonyl (C=O) groups excluding carboxylic acids is 2. The minimum Gasteiger partial charge on any atom is -0.497 e. The second-order valence-corrected chi connectivity index (χ2v) is 6.49. The molecule has 0 aromatic heterocycles. The van der Waals surface area contributed by atoms with Gasteiger partial charge in [0.25, 0.3) is 5.91 Å². The third kappa shape index (κ3) is 5.33. The van der Waals surface area contributed by atoms with Crippen LogP contribution in [0.4, 0.5) is 5.69 Å². The van der Waals surface area contributed by atoms with Crippen LogP contribution in [-0.4, -0.2) is 33.2 Å². The number of methoxy groups -OCH3 is 3. The summed E-state index contributed by atoms with van der Waals surface area (Å²) in [6.45, 7) is 0. The summed E-state index contributed by atoms with van der Waals surface area (Å²) in [6.07, 6.45) is -0.967. The molecule has 7 nitrogen and oxygen atoms in total. The highest BCUT2D eigenvalue weighted by atomic mass is 16.5. The fourth-order valence-electron chi connectivity index (χ4n) is 2.95. The van der Waals surface area contributed by atoms with Gasteiger partial charge in [-0.25, -0.2) is 4.79 Å². The van der Waals surface area contributed by atoms with E-state index in [1.807, 2.05) is 18.2 Å². The molecule has 1 amide bonds. The van der Waals surface area contributed by atoms with Gasteiger partial charge in [0.05, 0.1) is 26.9 Å². The maximum atomic E-state index is 13.1. The number of esters is 1. The van der Waals surface area contributed by atoms with E-state index in [2.05, 4.69) is 5.32 Å². The van der Waals surface area contributed by atoms with Gasteiger partial charge in [0.15, 0.2) is 11.5 Å². The van der Waals surface area contributed by atoms with E-state index in [0.29, 0.717) is 34.1 Å². The number of amides is 1. The molecule has 0 saturated carbocycles. The maximum Gasteiger partial charge on any atom is 0.337 e. The first kappa shape index (κ1) is 21.7. The first-order chi connectivity index (χ1) is 15.0. The van der Waals surface area contributed by atoms with E-state index >= 15 is 0 Å². The Labute approximate surface area is 180 Å². The van der Waals surface area contributed by atoms with Crippen molar-refractivity contribution in [2.24, 2.45) is 0 Å². The first-order valence-corrected chi connectivity index (χ1v) is 9.48. The molecule has 3 rings (SSSR count). The minimum atomic E-state index is -0.967. The normalized spacial score (nSPS) is 11.2. The van der Waals surface area contributed by atoms with Crippen molar-refractivity contribution in [3.8, 4) is 17.2 Å². The van der Waals surface area contributed by atoms with Gasteiger partial charge >= 0.3 is 5.97 Å². The molecule has 0 bridgehead atoms. The van der Waals surface area contributed by atoms with Crippen LogP contribution in [0.5, 0.6) is 17.2 Å². The van der Waals surface area contributed by atoms with Crippen LogP contribution in [0, 0.1) is 0 Å². The van der Waals surface area contributed by atoms with Crippen molar-refractivity contribution in [2.45, 2.75) is 6.10 Å². The number of benzene rings is 3. The summed E-state index contributed by atoms with van der Waals surface area (Å²) in [5.41, 5.74) is 1.53. The van der Waals surface area contributed by atoms with Crippen LogP contribution in [0.3, 0.4) is 0 Å². The lowest BCUT2D eigenvalue weighted by Gasteiger charge is -2.21. The Morgan fingerprint density at radius 2 is 1.58 bits per heavy atom. The summed E-state index contributed by atoms with van der Waals surface area (Å²) in [6, 6.07) is 20.7. The lowest BCUT2D eigenvalue weighted by molar-refractivity contribution is -0.123. The van der Waals surface area contributed by atoms with Crippen molar-refractivity contribution < 1.29 is 28.5 Å². The fraction of sp³-hybridized carbons (Fsp3) is 0.167. The second kappa shape index (κ2) is 10.2. The fourth-order valence-corrected chi connectivity index (χ4v) is 2.95. The zero-order valence-electron chi connectivity index (χ0n) is 17.5. The van der Waals surface area contributed by atoms with E-state index in [1.54, 1.807) is 55.6 Å². The van der Waals surface area contributed by atoms with E-state index in [-0.39, 0.29) is 5.91 Å². The molecule has 3 aromatic rings. The minimum absolute atomic E-state index is 0.304. The number of nitrogens with one attached hydrogen (secondary N) is 1. The van der Waals surface area contributed by atoms with Crippen molar-refractivity contribution in [2.75, 3.05) is 26.6 Å². The van der Waals surface area contributed by atoms with Crippen LogP contribution in [0.1, 0.15) is 22.0 Å². The molecule has 0 unspecified atom stereocenters. The number of rotatable bonds is 8. The summed E-state index contributed by atoms with van der Waals surface area (Å²) in [5, 5.41) is 2.85. The van der Waals surface area contributed by atoms with Crippen LogP contribution in [0.25, 0.3) is 0 Å². The molecule has 0 aliphatic heterocycles. The van der Waals surface area contributed by atoms with Crippen LogP contribution >= 0.6 is 0 Å². The smallest absolute Gasteiger partial charge is 0.337 e. The van der Waals surface area contributed by atoms with Gasteiger partial charge < -0.3 is 24.3 Å². The molecule has 0 fully saturated rings. The number of carbonyl (C=O) groups is 2. The molecule has 1 atom stereocenters. The third-order valence-electron chi connectivity index (χ3n) is 4.51. The molecule has 0 heterocycles. The molecule has 31 heavy (non-hydrogen) atoms. The third-order valence-corrected chi connectivity index (χ3v) is 4.51. The van der Waals surface area contributed by atoms with Crippen molar-refractivity contribution >= 4 is 17.6 Å². The standard InChI is InChI=1S/C24H23NO6/c1-28-19-11-7-10-18(15-19)25-23(26)22(16-8-5-4-6-9-16)31-20-13-12-17(24(27)30-3)14-21(20)29-2/h4-15,22H,1-3H3,(H,25,26)/t22-/m1/s1. The lowest BCUT2D eigenvalue weighted by atomic mass is 10.1. The van der Waals surface area contributed by atoms with Crippen molar-refractivity contribution in [1.82, 2.24) is 0 Å². The maximum absolute atomic E-state index is 13.1. The van der Waals surface area contributed by atoms with Crippen LogP contribution in [0.2, 0.25) is 0 Å². The summed E-state index contributed by atoms with van der Waals surface area (Å²) >= 11 is 0. The monoisotopic (exact) mass is 421 g/mol. The molecule has 0 aliphatic rings. The highest BCUT2D eigenvalue weighted by Crippen LogP contribution is 2.33. The van der Waals surface area contributed by atoms with E-state index < -0.39 is 12.1 Å². The predicted molar refractivity (Wildman–Crippen MR) is 116 cm³/mol.